The molecule has 246 valence electrons. The molecule has 3 heterocycles. The lowest BCUT2D eigenvalue weighted by Gasteiger charge is -2.35. The molecule has 2 amide bonds. The van der Waals surface area contributed by atoms with Crippen LogP contribution in [0.1, 0.15) is 46.1 Å². The van der Waals surface area contributed by atoms with Crippen molar-refractivity contribution in [3.05, 3.63) is 64.4 Å². The second kappa shape index (κ2) is 14.9. The molecule has 2 saturated heterocycles. The Kier molecular flexibility index (Phi) is 10.9. The summed E-state index contributed by atoms with van der Waals surface area (Å²) in [5, 5.41) is 4.08. The van der Waals surface area contributed by atoms with Gasteiger partial charge in [-0.25, -0.2) is 14.8 Å². The van der Waals surface area contributed by atoms with Crippen molar-refractivity contribution >= 4 is 41.2 Å². The first-order valence-corrected chi connectivity index (χ1v) is 16.5. The molecule has 2 aromatic carbocycles. The molecule has 5 rings (SSSR count). The lowest BCUT2D eigenvalue weighted by Crippen LogP contribution is -2.50. The Hall–Kier alpha value is -3.60. The van der Waals surface area contributed by atoms with E-state index in [-0.39, 0.29) is 12.0 Å². The smallest absolute Gasteiger partial charge is 0.410 e. The van der Waals surface area contributed by atoms with E-state index >= 15 is 0 Å². The highest BCUT2D eigenvalue weighted by molar-refractivity contribution is 6.35. The Balaban J connectivity index is 1.26. The van der Waals surface area contributed by atoms with Gasteiger partial charge < -0.3 is 24.6 Å². The van der Waals surface area contributed by atoms with E-state index in [1.807, 2.05) is 49.9 Å². The summed E-state index contributed by atoms with van der Waals surface area (Å²) in [7, 11) is 0. The maximum absolute atomic E-state index is 12.4. The molecule has 0 unspecified atom stereocenters. The number of piperidine rings is 1. The van der Waals surface area contributed by atoms with Crippen molar-refractivity contribution in [1.29, 1.82) is 0 Å². The molecule has 2 aliphatic rings. The van der Waals surface area contributed by atoms with Crippen LogP contribution in [-0.2, 0) is 16.1 Å². The van der Waals surface area contributed by atoms with E-state index in [0.29, 0.717) is 59.6 Å². The van der Waals surface area contributed by atoms with E-state index in [4.69, 9.17) is 32.7 Å². The maximum Gasteiger partial charge on any atom is 0.410 e. The third-order valence-electron chi connectivity index (χ3n) is 7.98. The summed E-state index contributed by atoms with van der Waals surface area (Å²) in [6, 6.07) is 11.7. The summed E-state index contributed by atoms with van der Waals surface area (Å²) < 4.78 is 11.8. The van der Waals surface area contributed by atoms with E-state index < -0.39 is 5.60 Å². The van der Waals surface area contributed by atoms with Gasteiger partial charge in [0.15, 0.2) is 5.75 Å². The second-order valence-electron chi connectivity index (χ2n) is 13.0. The molecule has 0 radical (unpaired) electrons. The van der Waals surface area contributed by atoms with Crippen molar-refractivity contribution < 1.29 is 19.1 Å². The third kappa shape index (κ3) is 9.70. The molecule has 10 nitrogen and oxygen atoms in total. The number of likely N-dealkylation sites (tertiary alicyclic amines) is 1. The number of anilines is 1. The van der Waals surface area contributed by atoms with Gasteiger partial charge in [-0.05, 0) is 106 Å². The summed E-state index contributed by atoms with van der Waals surface area (Å²) in [6.45, 7) is 12.8. The van der Waals surface area contributed by atoms with Gasteiger partial charge in [0.25, 0.3) is 0 Å². The first-order valence-electron chi connectivity index (χ1n) is 15.7. The normalized spacial score (nSPS) is 16.3. The molecule has 1 aromatic heterocycles. The largest absolute Gasteiger partial charge is 0.454 e. The average molecular weight is 670 g/mol. The maximum atomic E-state index is 12.4. The fraction of sp³-hybridized carbons (Fsp3) is 0.471. The zero-order valence-electron chi connectivity index (χ0n) is 26.9. The number of nitrogens with zero attached hydrogens (tertiary/aromatic N) is 5. The van der Waals surface area contributed by atoms with Crippen LogP contribution in [0, 0.1) is 5.92 Å². The van der Waals surface area contributed by atoms with Crippen LogP contribution < -0.4 is 15.0 Å². The van der Waals surface area contributed by atoms with Gasteiger partial charge in [-0.3, -0.25) is 9.69 Å². The molecule has 2 fully saturated rings. The van der Waals surface area contributed by atoms with E-state index in [2.05, 4.69) is 26.3 Å². The van der Waals surface area contributed by atoms with Crippen molar-refractivity contribution in [2.24, 2.45) is 5.92 Å². The molecule has 0 aliphatic carbocycles. The quantitative estimate of drug-likeness (QED) is 0.285. The zero-order chi connectivity index (χ0) is 32.8. The van der Waals surface area contributed by atoms with Crippen LogP contribution in [0.2, 0.25) is 10.0 Å². The summed E-state index contributed by atoms with van der Waals surface area (Å²) >= 11 is 12.7. The van der Waals surface area contributed by atoms with Crippen LogP contribution in [0.5, 0.6) is 11.5 Å². The van der Waals surface area contributed by atoms with Gasteiger partial charge in [0, 0.05) is 56.2 Å². The molecule has 0 saturated carbocycles. The molecule has 1 N–H and O–H groups in total. The van der Waals surface area contributed by atoms with E-state index in [9.17, 15) is 9.59 Å². The molecular formula is C34H42Cl2N6O4. The number of ether oxygens (including phenoxy) is 2. The molecule has 0 atom stereocenters. The minimum Gasteiger partial charge on any atom is -0.454 e. The number of halogens is 2. The van der Waals surface area contributed by atoms with Crippen molar-refractivity contribution in [1.82, 2.24) is 25.1 Å². The van der Waals surface area contributed by atoms with Crippen molar-refractivity contribution in [3.63, 3.8) is 0 Å². The summed E-state index contributed by atoms with van der Waals surface area (Å²) in [5.74, 6) is 2.27. The Morgan fingerprint density at radius 1 is 0.870 bits per heavy atom. The lowest BCUT2D eigenvalue weighted by atomic mass is 9.96. The molecule has 0 spiro atoms. The highest BCUT2D eigenvalue weighted by Gasteiger charge is 2.27. The fourth-order valence-electron chi connectivity index (χ4n) is 5.67. The summed E-state index contributed by atoms with van der Waals surface area (Å²) in [4.78, 5) is 39.1. The average Bonchev–Trinajstić information content (AvgIpc) is 3.00. The number of hydrogen-bond donors (Lipinski definition) is 1. The molecule has 46 heavy (non-hydrogen) atoms. The first kappa shape index (κ1) is 33.8. The van der Waals surface area contributed by atoms with Gasteiger partial charge in [0.1, 0.15) is 11.4 Å². The Bertz CT molecular complexity index is 1490. The van der Waals surface area contributed by atoms with Gasteiger partial charge in [0.2, 0.25) is 11.9 Å². The highest BCUT2D eigenvalue weighted by Crippen LogP contribution is 2.33. The Labute approximate surface area is 281 Å². The first-order chi connectivity index (χ1) is 21.9. The third-order valence-corrected chi connectivity index (χ3v) is 8.42. The minimum atomic E-state index is -0.527. The standard InChI is InChI=1S/C34H42Cl2N6O4/c1-23(43)37-19-24-5-7-40(8-6-24)22-25-13-26(27-15-28(35)18-29(36)16-27)17-30(14-25)45-31-20-38-32(39-21-31)41-9-11-42(12-10-41)33(44)46-34(2,3)4/h13-18,20-21,24H,5-12,19,22H2,1-4H3,(H,37,43). The Morgan fingerprint density at radius 3 is 2.11 bits per heavy atom. The number of rotatable bonds is 8. The molecule has 12 heteroatoms. The lowest BCUT2D eigenvalue weighted by molar-refractivity contribution is -0.119. The van der Waals surface area contributed by atoms with E-state index in [1.54, 1.807) is 30.3 Å². The van der Waals surface area contributed by atoms with Gasteiger partial charge in [-0.15, -0.1) is 0 Å². The predicted octanol–water partition coefficient (Wildman–Crippen LogP) is 6.65. The number of carbonyl (C=O) groups excluding carboxylic acids is 2. The molecular weight excluding hydrogens is 627 g/mol. The highest BCUT2D eigenvalue weighted by atomic mass is 35.5. The van der Waals surface area contributed by atoms with Crippen LogP contribution in [-0.4, -0.2) is 83.2 Å². The monoisotopic (exact) mass is 668 g/mol. The number of nitrogens with one attached hydrogen (secondary N) is 1. The zero-order valence-corrected chi connectivity index (χ0v) is 28.4. The number of benzene rings is 2. The SMILES string of the molecule is CC(=O)NCC1CCN(Cc2cc(Oc3cnc(N4CCN(C(=O)OC(C)(C)C)CC4)nc3)cc(-c3cc(Cl)cc(Cl)c3)c2)CC1. The van der Waals surface area contributed by atoms with E-state index in [0.717, 1.165) is 55.7 Å². The fourth-order valence-corrected chi connectivity index (χ4v) is 6.20. The molecule has 2 aliphatic heterocycles. The van der Waals surface area contributed by atoms with Crippen molar-refractivity contribution in [3.8, 4) is 22.6 Å². The van der Waals surface area contributed by atoms with E-state index in [1.165, 1.54) is 0 Å². The van der Waals surface area contributed by atoms with Crippen LogP contribution in [0.15, 0.2) is 48.8 Å². The number of hydrogen-bond acceptors (Lipinski definition) is 8. The summed E-state index contributed by atoms with van der Waals surface area (Å²) in [6.07, 6.45) is 5.11. The predicted molar refractivity (Wildman–Crippen MR) is 181 cm³/mol. The topological polar surface area (TPSA) is 100 Å². The number of amides is 2. The minimum absolute atomic E-state index is 0.0195. The Morgan fingerprint density at radius 2 is 1.50 bits per heavy atom. The van der Waals surface area contributed by atoms with Crippen LogP contribution in [0.25, 0.3) is 11.1 Å². The molecule has 0 bridgehead atoms. The van der Waals surface area contributed by atoms with Crippen molar-refractivity contribution in [2.75, 3.05) is 50.7 Å². The second-order valence-corrected chi connectivity index (χ2v) is 13.8. The van der Waals surface area contributed by atoms with Gasteiger partial charge >= 0.3 is 6.09 Å². The molecule has 3 aromatic rings. The number of piperazine rings is 1. The van der Waals surface area contributed by atoms with Gasteiger partial charge in [0.05, 0.1) is 12.4 Å². The van der Waals surface area contributed by atoms with Crippen molar-refractivity contribution in [2.45, 2.75) is 52.7 Å². The van der Waals surface area contributed by atoms with Crippen LogP contribution >= 0.6 is 23.2 Å². The number of aromatic nitrogens is 2. The van der Waals surface area contributed by atoms with Crippen LogP contribution in [0.4, 0.5) is 10.7 Å². The van der Waals surface area contributed by atoms with Gasteiger partial charge in [-0.1, -0.05) is 23.2 Å². The number of carbonyl (C=O) groups is 2. The van der Waals surface area contributed by atoms with Crippen LogP contribution in [0.3, 0.4) is 0 Å². The summed E-state index contributed by atoms with van der Waals surface area (Å²) in [5.41, 5.74) is 2.42. The van der Waals surface area contributed by atoms with Gasteiger partial charge in [-0.2, -0.15) is 0 Å².